The van der Waals surface area contributed by atoms with Crippen molar-refractivity contribution in [1.29, 1.82) is 0 Å². The zero-order valence-electron chi connectivity index (χ0n) is 11.3. The van der Waals surface area contributed by atoms with E-state index in [1.807, 2.05) is 12.1 Å². The molecule has 0 saturated carbocycles. The lowest BCUT2D eigenvalue weighted by Crippen LogP contribution is -2.30. The number of aliphatic carboxylic acids is 1. The Morgan fingerprint density at radius 2 is 2.11 bits per heavy atom. The smallest absolute Gasteiger partial charge is 0.344 e. The minimum absolute atomic E-state index is 0.461. The number of carboxylic acids is 1. The average molecular weight is 263 g/mol. The Labute approximate surface area is 113 Å². The minimum Gasteiger partial charge on any atom is -0.479 e. The summed E-state index contributed by atoms with van der Waals surface area (Å²) in [5.74, 6) is -0.239. The molecule has 0 aliphatic heterocycles. The Morgan fingerprint density at radius 1 is 1.37 bits per heavy atom. The third-order valence-electron chi connectivity index (χ3n) is 3.53. The highest BCUT2D eigenvalue weighted by Gasteiger charge is 2.19. The van der Waals surface area contributed by atoms with Crippen LogP contribution in [0, 0.1) is 0 Å². The number of fused-ring (bicyclic) bond motifs is 1. The summed E-state index contributed by atoms with van der Waals surface area (Å²) in [6.45, 7) is 0.627. The zero-order chi connectivity index (χ0) is 13.7. The molecule has 1 aliphatic rings. The van der Waals surface area contributed by atoms with E-state index in [0.29, 0.717) is 18.7 Å². The molecule has 0 heterocycles. The summed E-state index contributed by atoms with van der Waals surface area (Å²) >= 11 is 0. The summed E-state index contributed by atoms with van der Waals surface area (Å²) in [7, 11) is 1.80. The molecule has 104 valence electrons. The van der Waals surface area contributed by atoms with Gasteiger partial charge in [0.2, 0.25) is 0 Å². The summed E-state index contributed by atoms with van der Waals surface area (Å²) in [5, 5.41) is 12.1. The van der Waals surface area contributed by atoms with Crippen molar-refractivity contribution in [2.24, 2.45) is 0 Å². The van der Waals surface area contributed by atoms with Gasteiger partial charge in [0.05, 0.1) is 0 Å². The zero-order valence-corrected chi connectivity index (χ0v) is 11.3. The van der Waals surface area contributed by atoms with E-state index < -0.39 is 12.1 Å². The lowest BCUT2D eigenvalue weighted by atomic mass is 9.92. The molecule has 1 aromatic rings. The minimum atomic E-state index is -0.909. The van der Waals surface area contributed by atoms with Gasteiger partial charge < -0.3 is 15.2 Å². The van der Waals surface area contributed by atoms with Crippen LogP contribution in [0.3, 0.4) is 0 Å². The molecule has 0 fully saturated rings. The van der Waals surface area contributed by atoms with Crippen LogP contribution in [0.4, 0.5) is 0 Å². The van der Waals surface area contributed by atoms with Gasteiger partial charge in [-0.3, -0.25) is 0 Å². The fourth-order valence-corrected chi connectivity index (χ4v) is 2.46. The summed E-state index contributed by atoms with van der Waals surface area (Å²) in [6.07, 6.45) is 4.32. The topological polar surface area (TPSA) is 58.6 Å². The Morgan fingerprint density at radius 3 is 2.79 bits per heavy atom. The van der Waals surface area contributed by atoms with Crippen molar-refractivity contribution < 1.29 is 14.6 Å². The van der Waals surface area contributed by atoms with Crippen LogP contribution >= 0.6 is 0 Å². The fraction of sp³-hybridized carbons (Fsp3) is 0.533. The number of carboxylic acid groups (broad SMARTS) is 1. The predicted molar refractivity (Wildman–Crippen MR) is 73.7 cm³/mol. The first-order valence-electron chi connectivity index (χ1n) is 6.86. The van der Waals surface area contributed by atoms with E-state index in [0.717, 1.165) is 12.8 Å². The normalized spacial score (nSPS) is 15.6. The Bertz CT molecular complexity index is 445. The van der Waals surface area contributed by atoms with E-state index >= 15 is 0 Å². The van der Waals surface area contributed by atoms with Gasteiger partial charge >= 0.3 is 5.97 Å². The summed E-state index contributed by atoms with van der Waals surface area (Å²) in [6, 6.07) is 5.96. The van der Waals surface area contributed by atoms with E-state index in [1.165, 1.54) is 24.0 Å². The van der Waals surface area contributed by atoms with Gasteiger partial charge in [-0.2, -0.15) is 0 Å². The third kappa shape index (κ3) is 3.70. The van der Waals surface area contributed by atoms with Crippen molar-refractivity contribution in [3.05, 3.63) is 29.3 Å². The van der Waals surface area contributed by atoms with E-state index in [1.54, 1.807) is 7.05 Å². The SMILES string of the molecule is CNCCC(Oc1ccc2c(c1)CCCC2)C(=O)O. The van der Waals surface area contributed by atoms with E-state index in [2.05, 4.69) is 11.4 Å². The van der Waals surface area contributed by atoms with Gasteiger partial charge in [-0.15, -0.1) is 0 Å². The number of hydrogen-bond acceptors (Lipinski definition) is 3. The number of carbonyl (C=O) groups is 1. The molecule has 4 nitrogen and oxygen atoms in total. The second-order valence-corrected chi connectivity index (χ2v) is 4.97. The molecular weight excluding hydrogens is 242 g/mol. The number of aryl methyl sites for hydroxylation is 2. The maximum absolute atomic E-state index is 11.1. The second kappa shape index (κ2) is 6.57. The van der Waals surface area contributed by atoms with Crippen molar-refractivity contribution in [2.45, 2.75) is 38.2 Å². The van der Waals surface area contributed by atoms with Crippen molar-refractivity contribution in [1.82, 2.24) is 5.32 Å². The standard InChI is InChI=1S/C15H21NO3/c1-16-9-8-14(15(17)18)19-13-7-6-11-4-2-3-5-12(11)10-13/h6-7,10,14,16H,2-5,8-9H2,1H3,(H,17,18). The van der Waals surface area contributed by atoms with Crippen LogP contribution in [0.15, 0.2) is 18.2 Å². The molecule has 0 radical (unpaired) electrons. The predicted octanol–water partition coefficient (Wildman–Crippen LogP) is 2.01. The second-order valence-electron chi connectivity index (χ2n) is 4.97. The van der Waals surface area contributed by atoms with Crippen molar-refractivity contribution in [2.75, 3.05) is 13.6 Å². The first-order chi connectivity index (χ1) is 9.20. The molecule has 0 spiro atoms. The lowest BCUT2D eigenvalue weighted by Gasteiger charge is -2.19. The van der Waals surface area contributed by atoms with E-state index in [9.17, 15) is 4.79 Å². The largest absolute Gasteiger partial charge is 0.479 e. The van der Waals surface area contributed by atoms with E-state index in [4.69, 9.17) is 9.84 Å². The number of hydrogen-bond donors (Lipinski definition) is 2. The van der Waals surface area contributed by atoms with Gasteiger partial charge in [-0.25, -0.2) is 4.79 Å². The van der Waals surface area contributed by atoms with Crippen LogP contribution in [-0.4, -0.2) is 30.8 Å². The van der Waals surface area contributed by atoms with Crippen LogP contribution in [0.2, 0.25) is 0 Å². The van der Waals surface area contributed by atoms with Gasteiger partial charge in [0, 0.05) is 6.42 Å². The van der Waals surface area contributed by atoms with E-state index in [-0.39, 0.29) is 0 Å². The molecule has 1 unspecified atom stereocenters. The molecule has 2 N–H and O–H groups in total. The van der Waals surface area contributed by atoms with Gasteiger partial charge in [0.1, 0.15) is 5.75 Å². The van der Waals surface area contributed by atoms with Crippen LogP contribution in [0.1, 0.15) is 30.4 Å². The Kier molecular flexibility index (Phi) is 4.80. The molecule has 2 rings (SSSR count). The number of ether oxygens (including phenoxy) is 1. The Balaban J connectivity index is 2.06. The van der Waals surface area contributed by atoms with Crippen LogP contribution in [-0.2, 0) is 17.6 Å². The third-order valence-corrected chi connectivity index (χ3v) is 3.53. The van der Waals surface area contributed by atoms with Crippen LogP contribution in [0.25, 0.3) is 0 Å². The van der Waals surface area contributed by atoms with Gasteiger partial charge in [-0.05, 0) is 62.5 Å². The monoisotopic (exact) mass is 263 g/mol. The Hall–Kier alpha value is -1.55. The molecule has 0 bridgehead atoms. The number of benzene rings is 1. The lowest BCUT2D eigenvalue weighted by molar-refractivity contribution is -0.145. The van der Waals surface area contributed by atoms with Crippen molar-refractivity contribution in [3.63, 3.8) is 0 Å². The highest BCUT2D eigenvalue weighted by Crippen LogP contribution is 2.26. The maximum Gasteiger partial charge on any atom is 0.344 e. The molecule has 0 amide bonds. The molecule has 4 heteroatoms. The number of nitrogens with one attached hydrogen (secondary N) is 1. The quantitative estimate of drug-likeness (QED) is 0.824. The summed E-state index contributed by atoms with van der Waals surface area (Å²) < 4.78 is 5.60. The highest BCUT2D eigenvalue weighted by atomic mass is 16.5. The fourth-order valence-electron chi connectivity index (χ4n) is 2.46. The average Bonchev–Trinajstić information content (AvgIpc) is 2.43. The first-order valence-corrected chi connectivity index (χ1v) is 6.86. The van der Waals surface area contributed by atoms with Gasteiger partial charge in [-0.1, -0.05) is 6.07 Å². The molecule has 19 heavy (non-hydrogen) atoms. The summed E-state index contributed by atoms with van der Waals surface area (Å²) in [5.41, 5.74) is 2.68. The maximum atomic E-state index is 11.1. The van der Waals surface area contributed by atoms with Gasteiger partial charge in [0.25, 0.3) is 0 Å². The van der Waals surface area contributed by atoms with Gasteiger partial charge in [0.15, 0.2) is 6.10 Å². The molecule has 0 saturated heterocycles. The molecular formula is C15H21NO3. The van der Waals surface area contributed by atoms with Crippen molar-refractivity contribution >= 4 is 5.97 Å². The molecule has 1 aromatic carbocycles. The molecule has 1 atom stereocenters. The first kappa shape index (κ1) is 13.9. The molecule has 1 aliphatic carbocycles. The van der Waals surface area contributed by atoms with Crippen LogP contribution < -0.4 is 10.1 Å². The molecule has 0 aromatic heterocycles. The number of rotatable bonds is 6. The van der Waals surface area contributed by atoms with Crippen LogP contribution in [0.5, 0.6) is 5.75 Å². The highest BCUT2D eigenvalue weighted by molar-refractivity contribution is 5.72. The summed E-state index contributed by atoms with van der Waals surface area (Å²) in [4.78, 5) is 11.1. The van der Waals surface area contributed by atoms with Crippen molar-refractivity contribution in [3.8, 4) is 5.75 Å².